The van der Waals surface area contributed by atoms with Crippen LogP contribution in [0.25, 0.3) is 10.9 Å². The van der Waals surface area contributed by atoms with E-state index in [9.17, 15) is 18.0 Å². The molecule has 7 nitrogen and oxygen atoms in total. The molecule has 0 spiro atoms. The number of carbonyl (C=O) groups excluding carboxylic acids is 1. The van der Waals surface area contributed by atoms with Crippen molar-refractivity contribution in [2.45, 2.75) is 37.1 Å². The lowest BCUT2D eigenvalue weighted by atomic mass is 10.1. The lowest BCUT2D eigenvalue weighted by Crippen LogP contribution is -2.31. The first-order valence-electron chi connectivity index (χ1n) is 11.0. The van der Waals surface area contributed by atoms with E-state index in [-0.39, 0.29) is 16.9 Å². The van der Waals surface area contributed by atoms with E-state index < -0.39 is 10.0 Å². The molecule has 166 valence electrons. The minimum Gasteiger partial charge on any atom is -0.352 e. The molecule has 8 heteroatoms. The van der Waals surface area contributed by atoms with Crippen LogP contribution in [0.4, 0.5) is 0 Å². The Labute approximate surface area is 186 Å². The first kappa shape index (κ1) is 20.9. The van der Waals surface area contributed by atoms with E-state index in [4.69, 9.17) is 0 Å². The molecule has 32 heavy (non-hydrogen) atoms. The quantitative estimate of drug-likeness (QED) is 0.623. The highest BCUT2D eigenvalue weighted by molar-refractivity contribution is 7.89. The first-order valence-corrected chi connectivity index (χ1v) is 12.4. The standard InChI is InChI=1S/C24H25N3O4S/c28-23-20-5-3-4-18-11-15-26(22(18)20)16-21(23)24(29)25-12-10-17-6-8-19(9-7-17)32(30,31)27-13-1-2-14-27/h3-9,16H,1-2,10-15H2,(H,25,29). The van der Waals surface area contributed by atoms with Crippen LogP contribution >= 0.6 is 0 Å². The second kappa shape index (κ2) is 8.18. The number of pyridine rings is 1. The Hall–Kier alpha value is -2.97. The monoisotopic (exact) mass is 451 g/mol. The number of hydrogen-bond acceptors (Lipinski definition) is 4. The molecule has 1 aromatic heterocycles. The van der Waals surface area contributed by atoms with E-state index >= 15 is 0 Å². The minimum atomic E-state index is -3.42. The largest absolute Gasteiger partial charge is 0.352 e. The number of aromatic nitrogens is 1. The van der Waals surface area contributed by atoms with Crippen LogP contribution in [0.15, 0.2) is 58.4 Å². The molecule has 2 aliphatic rings. The number of rotatable bonds is 6. The molecule has 0 atom stereocenters. The number of sulfonamides is 1. The maximum Gasteiger partial charge on any atom is 0.256 e. The summed E-state index contributed by atoms with van der Waals surface area (Å²) in [5.41, 5.74) is 2.90. The number of hydrogen-bond donors (Lipinski definition) is 1. The SMILES string of the molecule is O=C(NCCc1ccc(S(=O)(=O)N2CCCC2)cc1)c1cn2c3c(cccc3c1=O)CC2. The molecule has 2 aromatic carbocycles. The van der Waals surface area contributed by atoms with Gasteiger partial charge in [0.25, 0.3) is 5.91 Å². The van der Waals surface area contributed by atoms with Crippen molar-refractivity contribution in [3.63, 3.8) is 0 Å². The third kappa shape index (κ3) is 3.63. The van der Waals surface area contributed by atoms with Crippen molar-refractivity contribution < 1.29 is 13.2 Å². The van der Waals surface area contributed by atoms with Crippen LogP contribution in [0.5, 0.6) is 0 Å². The van der Waals surface area contributed by atoms with Gasteiger partial charge in [0.2, 0.25) is 15.5 Å². The number of amides is 1. The number of aryl methyl sites for hydroxylation is 2. The first-order chi connectivity index (χ1) is 15.4. The Balaban J connectivity index is 1.25. The Bertz CT molecular complexity index is 1350. The molecule has 0 unspecified atom stereocenters. The van der Waals surface area contributed by atoms with Gasteiger partial charge in [-0.2, -0.15) is 4.31 Å². The smallest absolute Gasteiger partial charge is 0.256 e. The highest BCUT2D eigenvalue weighted by Crippen LogP contribution is 2.24. The fourth-order valence-electron chi connectivity index (χ4n) is 4.64. The summed E-state index contributed by atoms with van der Waals surface area (Å²) in [5.74, 6) is -0.383. The van der Waals surface area contributed by atoms with Crippen LogP contribution in [0, 0.1) is 0 Å². The molecule has 0 saturated carbocycles. The van der Waals surface area contributed by atoms with Crippen LogP contribution in [0.1, 0.15) is 34.3 Å². The van der Waals surface area contributed by atoms with E-state index in [0.717, 1.165) is 42.5 Å². The number of carbonyl (C=O) groups is 1. The lowest BCUT2D eigenvalue weighted by Gasteiger charge is -2.15. The molecular weight excluding hydrogens is 426 g/mol. The molecule has 0 aliphatic carbocycles. The van der Waals surface area contributed by atoms with Crippen molar-refractivity contribution in [2.24, 2.45) is 0 Å². The predicted octanol–water partition coefficient (Wildman–Crippen LogP) is 2.31. The normalized spacial score (nSPS) is 16.0. The Morgan fingerprint density at radius 3 is 2.50 bits per heavy atom. The number of para-hydroxylation sites is 1. The highest BCUT2D eigenvalue weighted by atomic mass is 32.2. The predicted molar refractivity (Wildman–Crippen MR) is 122 cm³/mol. The molecule has 1 fully saturated rings. The third-order valence-electron chi connectivity index (χ3n) is 6.37. The van der Waals surface area contributed by atoms with Crippen molar-refractivity contribution in [1.82, 2.24) is 14.2 Å². The summed E-state index contributed by atoms with van der Waals surface area (Å²) in [5, 5.41) is 3.42. The molecular formula is C24H25N3O4S. The van der Waals surface area contributed by atoms with Crippen LogP contribution in [0.2, 0.25) is 0 Å². The minimum absolute atomic E-state index is 0.156. The van der Waals surface area contributed by atoms with Gasteiger partial charge in [-0.15, -0.1) is 0 Å². The number of nitrogens with one attached hydrogen (secondary N) is 1. The Morgan fingerprint density at radius 2 is 1.75 bits per heavy atom. The van der Waals surface area contributed by atoms with Crippen molar-refractivity contribution >= 4 is 26.8 Å². The van der Waals surface area contributed by atoms with Gasteiger partial charge in [0.05, 0.1) is 10.4 Å². The number of nitrogens with zero attached hydrogens (tertiary/aromatic N) is 2. The number of benzene rings is 2. The maximum absolute atomic E-state index is 12.8. The zero-order valence-electron chi connectivity index (χ0n) is 17.7. The second-order valence-corrected chi connectivity index (χ2v) is 10.3. The van der Waals surface area contributed by atoms with E-state index in [2.05, 4.69) is 5.32 Å². The molecule has 1 amide bonds. The van der Waals surface area contributed by atoms with E-state index in [1.807, 2.05) is 16.7 Å². The highest BCUT2D eigenvalue weighted by Gasteiger charge is 2.27. The maximum atomic E-state index is 12.8. The van der Waals surface area contributed by atoms with Gasteiger partial charge in [0, 0.05) is 37.8 Å². The Kier molecular flexibility index (Phi) is 5.35. The second-order valence-electron chi connectivity index (χ2n) is 8.39. The summed E-state index contributed by atoms with van der Waals surface area (Å²) in [4.78, 5) is 25.8. The van der Waals surface area contributed by atoms with Gasteiger partial charge < -0.3 is 9.88 Å². The summed E-state index contributed by atoms with van der Waals surface area (Å²) in [6.07, 6.45) is 4.88. The van der Waals surface area contributed by atoms with Crippen LogP contribution in [0.3, 0.4) is 0 Å². The zero-order valence-corrected chi connectivity index (χ0v) is 18.5. The van der Waals surface area contributed by atoms with Gasteiger partial charge in [-0.3, -0.25) is 9.59 Å². The molecule has 0 radical (unpaired) electrons. The van der Waals surface area contributed by atoms with Crippen LogP contribution in [-0.2, 0) is 29.4 Å². The molecule has 3 heterocycles. The van der Waals surface area contributed by atoms with Crippen LogP contribution < -0.4 is 10.7 Å². The summed E-state index contributed by atoms with van der Waals surface area (Å²) >= 11 is 0. The average molecular weight is 452 g/mol. The Morgan fingerprint density at radius 1 is 1.00 bits per heavy atom. The van der Waals surface area contributed by atoms with Crippen molar-refractivity contribution in [3.8, 4) is 0 Å². The van der Waals surface area contributed by atoms with Gasteiger partial charge in [0.1, 0.15) is 5.56 Å². The van der Waals surface area contributed by atoms with E-state index in [1.165, 1.54) is 4.31 Å². The molecule has 0 bridgehead atoms. The molecule has 3 aromatic rings. The van der Waals surface area contributed by atoms with Gasteiger partial charge >= 0.3 is 0 Å². The summed E-state index contributed by atoms with van der Waals surface area (Å²) in [6, 6.07) is 12.5. The van der Waals surface area contributed by atoms with Gasteiger partial charge in [-0.1, -0.05) is 24.3 Å². The van der Waals surface area contributed by atoms with Crippen molar-refractivity contribution in [2.75, 3.05) is 19.6 Å². The topological polar surface area (TPSA) is 88.5 Å². The van der Waals surface area contributed by atoms with Gasteiger partial charge in [-0.05, 0) is 55.0 Å². The van der Waals surface area contributed by atoms with E-state index in [0.29, 0.717) is 36.3 Å². The summed E-state index contributed by atoms with van der Waals surface area (Å²) < 4.78 is 28.8. The van der Waals surface area contributed by atoms with Gasteiger partial charge in [0.15, 0.2) is 0 Å². The third-order valence-corrected chi connectivity index (χ3v) is 8.29. The zero-order chi connectivity index (χ0) is 22.3. The van der Waals surface area contributed by atoms with Crippen molar-refractivity contribution in [1.29, 1.82) is 0 Å². The van der Waals surface area contributed by atoms with Gasteiger partial charge in [-0.25, -0.2) is 8.42 Å². The molecule has 5 rings (SSSR count). The fraction of sp³-hybridized carbons (Fsp3) is 0.333. The summed E-state index contributed by atoms with van der Waals surface area (Å²) in [7, 11) is -3.42. The molecule has 1 saturated heterocycles. The molecule has 2 aliphatic heterocycles. The summed E-state index contributed by atoms with van der Waals surface area (Å²) in [6.45, 7) is 2.28. The molecule has 1 N–H and O–H groups in total. The van der Waals surface area contributed by atoms with E-state index in [1.54, 1.807) is 36.5 Å². The lowest BCUT2D eigenvalue weighted by molar-refractivity contribution is 0.0952. The fourth-order valence-corrected chi connectivity index (χ4v) is 6.16. The van der Waals surface area contributed by atoms with Crippen LogP contribution in [-0.4, -0.2) is 42.8 Å². The average Bonchev–Trinajstić information content (AvgIpc) is 3.48. The van der Waals surface area contributed by atoms with Crippen molar-refractivity contribution in [3.05, 3.63) is 75.6 Å².